The van der Waals surface area contributed by atoms with E-state index in [2.05, 4.69) is 15.4 Å². The number of amides is 1. The number of hydrogen-bond acceptors (Lipinski definition) is 5. The van der Waals surface area contributed by atoms with E-state index < -0.39 is 0 Å². The van der Waals surface area contributed by atoms with Crippen LogP contribution in [-0.4, -0.2) is 24.1 Å². The molecule has 1 aliphatic heterocycles. The van der Waals surface area contributed by atoms with Crippen LogP contribution in [-0.2, 0) is 16.1 Å². The first-order valence-corrected chi connectivity index (χ1v) is 8.20. The maximum absolute atomic E-state index is 11.6. The predicted octanol–water partition coefficient (Wildman–Crippen LogP) is 2.40. The average molecular weight is 368 g/mol. The Morgan fingerprint density at radius 2 is 1.77 bits per heavy atom. The molecule has 1 aliphatic rings. The Balaban J connectivity index is 1.59. The largest absolute Gasteiger partial charge is 0.489 e. The van der Waals surface area contributed by atoms with Crippen molar-refractivity contribution in [2.24, 2.45) is 0 Å². The fourth-order valence-corrected chi connectivity index (χ4v) is 2.53. The molecule has 0 unspecified atom stereocenters. The van der Waals surface area contributed by atoms with Gasteiger partial charge in [0.1, 0.15) is 18.1 Å². The van der Waals surface area contributed by atoms with Crippen LogP contribution < -0.4 is 15.4 Å². The van der Waals surface area contributed by atoms with Crippen molar-refractivity contribution in [1.82, 2.24) is 10.6 Å². The van der Waals surface area contributed by atoms with Crippen molar-refractivity contribution in [1.29, 1.82) is 0 Å². The van der Waals surface area contributed by atoms with E-state index in [0.717, 1.165) is 11.1 Å². The normalized spacial score (nSPS) is 14.7. The molecule has 2 N–H and O–H groups in total. The van der Waals surface area contributed by atoms with E-state index in [-0.39, 0.29) is 11.9 Å². The lowest BCUT2D eigenvalue weighted by atomic mass is 10.1. The van der Waals surface area contributed by atoms with Crippen LogP contribution in [0.4, 0.5) is 0 Å². The summed E-state index contributed by atoms with van der Waals surface area (Å²) >= 11 is 4.89. The Bertz CT molecular complexity index is 873. The van der Waals surface area contributed by atoms with Gasteiger partial charge in [-0.05, 0) is 53.7 Å². The number of carbonyl (C=O) groups is 2. The number of benzene rings is 2. The summed E-state index contributed by atoms with van der Waals surface area (Å²) in [6, 6.07) is 14.4. The first-order valence-electron chi connectivity index (χ1n) is 7.79. The molecule has 132 valence electrons. The van der Waals surface area contributed by atoms with E-state index in [0.29, 0.717) is 28.7 Å². The minimum atomic E-state index is -0.367. The molecule has 1 saturated heterocycles. The molecule has 2 aromatic carbocycles. The zero-order valence-electron chi connectivity index (χ0n) is 13.9. The summed E-state index contributed by atoms with van der Waals surface area (Å²) in [5.41, 5.74) is 2.69. The molecular formula is C19H16N2O4S. The Morgan fingerprint density at radius 3 is 2.35 bits per heavy atom. The van der Waals surface area contributed by atoms with Crippen molar-refractivity contribution in [2.75, 3.05) is 7.11 Å². The number of rotatable bonds is 5. The van der Waals surface area contributed by atoms with Gasteiger partial charge >= 0.3 is 5.97 Å². The fourth-order valence-electron chi connectivity index (χ4n) is 2.33. The molecule has 0 saturated carbocycles. The molecule has 7 heteroatoms. The average Bonchev–Trinajstić information content (AvgIpc) is 2.98. The molecule has 26 heavy (non-hydrogen) atoms. The third kappa shape index (κ3) is 4.25. The van der Waals surface area contributed by atoms with Gasteiger partial charge in [0.2, 0.25) is 0 Å². The molecule has 1 fully saturated rings. The highest BCUT2D eigenvalue weighted by atomic mass is 32.1. The third-order valence-electron chi connectivity index (χ3n) is 3.69. The molecule has 1 amide bonds. The van der Waals surface area contributed by atoms with Crippen LogP contribution in [0, 0.1) is 0 Å². The molecule has 1 heterocycles. The number of ether oxygens (including phenoxy) is 2. The molecule has 6 nitrogen and oxygen atoms in total. The number of carbonyl (C=O) groups excluding carboxylic acids is 2. The molecule has 0 spiro atoms. The van der Waals surface area contributed by atoms with Gasteiger partial charge < -0.3 is 14.8 Å². The van der Waals surface area contributed by atoms with Gasteiger partial charge in [0, 0.05) is 0 Å². The zero-order valence-corrected chi connectivity index (χ0v) is 14.8. The van der Waals surface area contributed by atoms with E-state index in [9.17, 15) is 9.59 Å². The van der Waals surface area contributed by atoms with Gasteiger partial charge in [0.15, 0.2) is 5.11 Å². The molecule has 0 bridgehead atoms. The van der Waals surface area contributed by atoms with E-state index in [1.165, 1.54) is 7.11 Å². The molecule has 0 aliphatic carbocycles. The standard InChI is InChI=1S/C19H16N2O4S/c1-24-18(23)14-6-2-13(3-7-14)11-25-15-8-4-12(5-9-15)10-16-17(22)21-19(26)20-16/h2-10H,11H2,1H3,(H2,20,21,22,26)/b16-10-. The second-order valence-electron chi connectivity index (χ2n) is 5.51. The van der Waals surface area contributed by atoms with Crippen molar-refractivity contribution in [3.8, 4) is 5.75 Å². The Hall–Kier alpha value is -3.19. The first kappa shape index (κ1) is 17.6. The highest BCUT2D eigenvalue weighted by Gasteiger charge is 2.19. The van der Waals surface area contributed by atoms with Gasteiger partial charge in [-0.25, -0.2) is 4.79 Å². The van der Waals surface area contributed by atoms with Crippen molar-refractivity contribution in [2.45, 2.75) is 6.61 Å². The molecule has 0 aromatic heterocycles. The van der Waals surface area contributed by atoms with Crippen LogP contribution in [0.15, 0.2) is 54.2 Å². The fraction of sp³-hybridized carbons (Fsp3) is 0.105. The monoisotopic (exact) mass is 368 g/mol. The Kier molecular flexibility index (Phi) is 5.28. The maximum atomic E-state index is 11.6. The van der Waals surface area contributed by atoms with Gasteiger partial charge in [-0.1, -0.05) is 24.3 Å². The predicted molar refractivity (Wildman–Crippen MR) is 100 cm³/mol. The lowest BCUT2D eigenvalue weighted by Crippen LogP contribution is -2.21. The quantitative estimate of drug-likeness (QED) is 0.479. The van der Waals surface area contributed by atoms with E-state index >= 15 is 0 Å². The zero-order chi connectivity index (χ0) is 18.5. The first-order chi connectivity index (χ1) is 12.5. The van der Waals surface area contributed by atoms with E-state index in [1.807, 2.05) is 36.4 Å². The van der Waals surface area contributed by atoms with Crippen LogP contribution in [0.3, 0.4) is 0 Å². The van der Waals surface area contributed by atoms with Crippen molar-refractivity contribution in [3.05, 3.63) is 70.9 Å². The van der Waals surface area contributed by atoms with Crippen LogP contribution in [0.1, 0.15) is 21.5 Å². The van der Waals surface area contributed by atoms with Gasteiger partial charge in [-0.15, -0.1) is 0 Å². The Labute approximate surface area is 155 Å². The van der Waals surface area contributed by atoms with E-state index in [1.54, 1.807) is 18.2 Å². The summed E-state index contributed by atoms with van der Waals surface area (Å²) in [4.78, 5) is 23.0. The summed E-state index contributed by atoms with van der Waals surface area (Å²) in [7, 11) is 1.35. The minimum absolute atomic E-state index is 0.245. The number of nitrogens with one attached hydrogen (secondary N) is 2. The van der Waals surface area contributed by atoms with Crippen LogP contribution in [0.5, 0.6) is 5.75 Å². The highest BCUT2D eigenvalue weighted by molar-refractivity contribution is 7.80. The third-order valence-corrected chi connectivity index (χ3v) is 3.90. The van der Waals surface area contributed by atoms with Gasteiger partial charge in [0.25, 0.3) is 5.91 Å². The second kappa shape index (κ2) is 7.79. The number of methoxy groups -OCH3 is 1. The maximum Gasteiger partial charge on any atom is 0.337 e. The SMILES string of the molecule is COC(=O)c1ccc(COc2ccc(/C=C3\NC(=S)NC3=O)cc2)cc1. The van der Waals surface area contributed by atoms with Gasteiger partial charge in [-0.2, -0.15) is 0 Å². The number of thiocarbonyl (C=S) groups is 1. The van der Waals surface area contributed by atoms with E-state index in [4.69, 9.17) is 17.0 Å². The molecule has 3 rings (SSSR count). The molecule has 2 aromatic rings. The molecule has 0 radical (unpaired) electrons. The second-order valence-corrected chi connectivity index (χ2v) is 5.92. The topological polar surface area (TPSA) is 76.7 Å². The Morgan fingerprint density at radius 1 is 1.08 bits per heavy atom. The lowest BCUT2D eigenvalue weighted by molar-refractivity contribution is -0.115. The van der Waals surface area contributed by atoms with Gasteiger partial charge in [-0.3, -0.25) is 10.1 Å². The summed E-state index contributed by atoms with van der Waals surface area (Å²) in [6.07, 6.45) is 1.71. The smallest absolute Gasteiger partial charge is 0.337 e. The minimum Gasteiger partial charge on any atom is -0.489 e. The summed E-state index contributed by atoms with van der Waals surface area (Å²) in [5.74, 6) is 0.0858. The van der Waals surface area contributed by atoms with Crippen LogP contribution in [0.25, 0.3) is 6.08 Å². The summed E-state index contributed by atoms with van der Waals surface area (Å²) in [6.45, 7) is 0.375. The summed E-state index contributed by atoms with van der Waals surface area (Å²) in [5, 5.41) is 5.61. The molecular weight excluding hydrogens is 352 g/mol. The molecule has 0 atom stereocenters. The summed E-state index contributed by atoms with van der Waals surface area (Å²) < 4.78 is 10.4. The van der Waals surface area contributed by atoms with Crippen LogP contribution in [0.2, 0.25) is 0 Å². The van der Waals surface area contributed by atoms with Crippen molar-refractivity contribution < 1.29 is 19.1 Å². The highest BCUT2D eigenvalue weighted by Crippen LogP contribution is 2.17. The van der Waals surface area contributed by atoms with Gasteiger partial charge in [0.05, 0.1) is 12.7 Å². The van der Waals surface area contributed by atoms with Crippen LogP contribution >= 0.6 is 12.2 Å². The van der Waals surface area contributed by atoms with Crippen molar-refractivity contribution in [3.63, 3.8) is 0 Å². The number of esters is 1. The van der Waals surface area contributed by atoms with Crippen molar-refractivity contribution >= 4 is 35.3 Å². The number of hydrogen-bond donors (Lipinski definition) is 2. The lowest BCUT2D eigenvalue weighted by Gasteiger charge is -2.07.